The first-order valence-electron chi connectivity index (χ1n) is 11.4. The topological polar surface area (TPSA) is 59.7 Å². The maximum Gasteiger partial charge on any atom is 0.276 e. The third-order valence-corrected chi connectivity index (χ3v) is 5.86. The molecule has 1 aliphatic heterocycles. The average Bonchev–Trinajstić information content (AvgIpc) is 3.15. The molecular formula is C25H31FN4O2. The number of hydrogen-bond acceptors (Lipinski definition) is 4. The Balaban J connectivity index is 1.59. The molecule has 1 aliphatic rings. The van der Waals surface area contributed by atoms with Crippen LogP contribution in [0.3, 0.4) is 0 Å². The lowest BCUT2D eigenvalue weighted by Crippen LogP contribution is -2.45. The fourth-order valence-corrected chi connectivity index (χ4v) is 4.30. The highest BCUT2D eigenvalue weighted by molar-refractivity contribution is 5.95. The van der Waals surface area contributed by atoms with Crippen LogP contribution < -0.4 is 4.74 Å². The van der Waals surface area contributed by atoms with Gasteiger partial charge >= 0.3 is 0 Å². The lowest BCUT2D eigenvalue weighted by Gasteiger charge is -2.35. The predicted molar refractivity (Wildman–Crippen MR) is 122 cm³/mol. The summed E-state index contributed by atoms with van der Waals surface area (Å²) in [5, 5.41) is 0. The van der Waals surface area contributed by atoms with Crippen LogP contribution in [-0.2, 0) is 6.42 Å². The van der Waals surface area contributed by atoms with Crippen molar-refractivity contribution in [1.82, 2.24) is 19.3 Å². The molecule has 0 spiro atoms. The van der Waals surface area contributed by atoms with Crippen LogP contribution in [0.1, 0.15) is 60.5 Å². The van der Waals surface area contributed by atoms with E-state index in [1.165, 1.54) is 12.3 Å². The highest BCUT2D eigenvalue weighted by Gasteiger charge is 2.31. The van der Waals surface area contributed by atoms with Gasteiger partial charge in [0.25, 0.3) is 5.91 Å². The van der Waals surface area contributed by atoms with Gasteiger partial charge in [0.1, 0.15) is 11.5 Å². The van der Waals surface area contributed by atoms with E-state index in [0.717, 1.165) is 41.9 Å². The van der Waals surface area contributed by atoms with Gasteiger partial charge in [0.2, 0.25) is 0 Å². The Morgan fingerprint density at radius 2 is 2.03 bits per heavy atom. The van der Waals surface area contributed by atoms with Gasteiger partial charge in [-0.25, -0.2) is 14.4 Å². The number of pyridine rings is 2. The molecule has 0 unspecified atom stereocenters. The van der Waals surface area contributed by atoms with Crippen LogP contribution in [-0.4, -0.2) is 44.4 Å². The largest absolute Gasteiger partial charge is 0.491 e. The maximum absolute atomic E-state index is 13.8. The van der Waals surface area contributed by atoms with E-state index in [0.29, 0.717) is 36.9 Å². The summed E-state index contributed by atoms with van der Waals surface area (Å²) in [5.41, 5.74) is 3.57. The van der Waals surface area contributed by atoms with E-state index >= 15 is 0 Å². The number of imidazole rings is 1. The van der Waals surface area contributed by atoms with Gasteiger partial charge in [0, 0.05) is 37.1 Å². The normalized spacial score (nSPS) is 16.7. The number of aryl methyl sites for hydroxylation is 2. The average molecular weight is 439 g/mol. The van der Waals surface area contributed by atoms with Gasteiger partial charge in [-0.05, 0) is 62.8 Å². The molecule has 4 heterocycles. The van der Waals surface area contributed by atoms with Crippen LogP contribution in [0.25, 0.3) is 5.65 Å². The molecule has 3 aromatic heterocycles. The third kappa shape index (κ3) is 4.76. The standard InChI is InChI=1S/C25H31FN4O2/c1-16(2)15-32-22-9-8-18(4)27-23(22)25(31)30-10-6-5-7-21(30)12-20-14-29-13-19(26)11-17(3)24(29)28-20/h8-9,11,13-14,16,21H,5-7,10,12,15H2,1-4H3/t21-/m0/s1. The van der Waals surface area contributed by atoms with E-state index in [2.05, 4.69) is 18.8 Å². The number of halogens is 1. The van der Waals surface area contributed by atoms with Crippen LogP contribution in [0.15, 0.2) is 30.6 Å². The van der Waals surface area contributed by atoms with Crippen molar-refractivity contribution in [3.05, 3.63) is 59.1 Å². The number of likely N-dealkylation sites (tertiary alicyclic amines) is 1. The summed E-state index contributed by atoms with van der Waals surface area (Å²) in [6.07, 6.45) is 6.87. The zero-order chi connectivity index (χ0) is 22.8. The quantitative estimate of drug-likeness (QED) is 0.557. The zero-order valence-corrected chi connectivity index (χ0v) is 19.3. The second-order valence-electron chi connectivity index (χ2n) is 9.16. The molecule has 0 radical (unpaired) electrons. The number of aromatic nitrogens is 3. The molecule has 32 heavy (non-hydrogen) atoms. The van der Waals surface area contributed by atoms with E-state index in [9.17, 15) is 9.18 Å². The fourth-order valence-electron chi connectivity index (χ4n) is 4.30. The molecule has 0 saturated carbocycles. The van der Waals surface area contributed by atoms with Crippen LogP contribution >= 0.6 is 0 Å². The molecular weight excluding hydrogens is 407 g/mol. The van der Waals surface area contributed by atoms with E-state index in [1.54, 1.807) is 4.40 Å². The number of carbonyl (C=O) groups is 1. The molecule has 0 aromatic carbocycles. The molecule has 7 heteroatoms. The minimum Gasteiger partial charge on any atom is -0.491 e. The number of ether oxygens (including phenoxy) is 1. The molecule has 0 N–H and O–H groups in total. The molecule has 0 bridgehead atoms. The first-order chi connectivity index (χ1) is 15.3. The number of nitrogens with zero attached hydrogens (tertiary/aromatic N) is 4. The van der Waals surface area contributed by atoms with Crippen LogP contribution in [0, 0.1) is 25.6 Å². The Morgan fingerprint density at radius 3 is 2.81 bits per heavy atom. The summed E-state index contributed by atoms with van der Waals surface area (Å²) < 4.78 is 21.4. The van der Waals surface area contributed by atoms with Crippen LogP contribution in [0.2, 0.25) is 0 Å². The summed E-state index contributed by atoms with van der Waals surface area (Å²) >= 11 is 0. The molecule has 6 nitrogen and oxygen atoms in total. The molecule has 1 atom stereocenters. The van der Waals surface area contributed by atoms with Crippen LogP contribution in [0.5, 0.6) is 5.75 Å². The van der Waals surface area contributed by atoms with Crippen LogP contribution in [0.4, 0.5) is 4.39 Å². The van der Waals surface area contributed by atoms with E-state index < -0.39 is 0 Å². The number of fused-ring (bicyclic) bond motifs is 1. The highest BCUT2D eigenvalue weighted by Crippen LogP contribution is 2.26. The van der Waals surface area contributed by atoms with Gasteiger partial charge in [0.15, 0.2) is 11.4 Å². The number of rotatable bonds is 6. The van der Waals surface area contributed by atoms with Gasteiger partial charge in [0.05, 0.1) is 12.3 Å². The van der Waals surface area contributed by atoms with E-state index in [4.69, 9.17) is 9.72 Å². The molecule has 1 amide bonds. The smallest absolute Gasteiger partial charge is 0.276 e. The SMILES string of the molecule is Cc1ccc(OCC(C)C)c(C(=O)N2CCCC[C@H]2Cc2cn3cc(F)cc(C)c3n2)n1. The van der Waals surface area contributed by atoms with E-state index in [1.807, 2.05) is 37.1 Å². The lowest BCUT2D eigenvalue weighted by molar-refractivity contribution is 0.0600. The summed E-state index contributed by atoms with van der Waals surface area (Å²) in [6.45, 7) is 9.11. The van der Waals surface area contributed by atoms with Crippen molar-refractivity contribution in [3.8, 4) is 5.75 Å². The molecule has 3 aromatic rings. The summed E-state index contributed by atoms with van der Waals surface area (Å²) in [7, 11) is 0. The minimum atomic E-state index is -0.284. The molecule has 1 fully saturated rings. The van der Waals surface area contributed by atoms with Crippen molar-refractivity contribution in [1.29, 1.82) is 0 Å². The van der Waals surface area contributed by atoms with Gasteiger partial charge in [-0.1, -0.05) is 13.8 Å². The van der Waals surface area contributed by atoms with Crippen molar-refractivity contribution >= 4 is 11.6 Å². The first-order valence-corrected chi connectivity index (χ1v) is 11.4. The van der Waals surface area contributed by atoms with Crippen molar-refractivity contribution in [3.63, 3.8) is 0 Å². The monoisotopic (exact) mass is 438 g/mol. The molecule has 1 saturated heterocycles. The van der Waals surface area contributed by atoms with Crippen molar-refractivity contribution in [2.24, 2.45) is 5.92 Å². The zero-order valence-electron chi connectivity index (χ0n) is 19.3. The number of hydrogen-bond donors (Lipinski definition) is 0. The second kappa shape index (κ2) is 9.27. The van der Waals surface area contributed by atoms with Gasteiger partial charge in [-0.3, -0.25) is 4.79 Å². The van der Waals surface area contributed by atoms with Gasteiger partial charge < -0.3 is 14.0 Å². The van der Waals surface area contributed by atoms with Crippen molar-refractivity contribution < 1.29 is 13.9 Å². The van der Waals surface area contributed by atoms with Gasteiger partial charge in [-0.15, -0.1) is 0 Å². The molecule has 170 valence electrons. The lowest BCUT2D eigenvalue weighted by atomic mass is 9.97. The Kier molecular flexibility index (Phi) is 6.44. The number of amides is 1. The Hall–Kier alpha value is -2.96. The maximum atomic E-state index is 13.8. The van der Waals surface area contributed by atoms with Crippen molar-refractivity contribution in [2.45, 2.75) is 59.4 Å². The second-order valence-corrected chi connectivity index (χ2v) is 9.16. The summed E-state index contributed by atoms with van der Waals surface area (Å²) in [5.74, 6) is 0.513. The highest BCUT2D eigenvalue weighted by atomic mass is 19.1. The summed E-state index contributed by atoms with van der Waals surface area (Å²) in [4.78, 5) is 24.8. The Morgan fingerprint density at radius 1 is 1.22 bits per heavy atom. The number of carbonyl (C=O) groups excluding carboxylic acids is 1. The first kappa shape index (κ1) is 22.2. The Bertz CT molecular complexity index is 1120. The van der Waals surface area contributed by atoms with Gasteiger partial charge in [-0.2, -0.15) is 0 Å². The fraction of sp³-hybridized carbons (Fsp3) is 0.480. The van der Waals surface area contributed by atoms with Crippen molar-refractivity contribution in [2.75, 3.05) is 13.2 Å². The molecule has 4 rings (SSSR count). The summed E-state index contributed by atoms with van der Waals surface area (Å²) in [6, 6.07) is 5.23. The van der Waals surface area contributed by atoms with E-state index in [-0.39, 0.29) is 17.8 Å². The Labute approximate surface area is 188 Å². The minimum absolute atomic E-state index is 0.0200. The molecule has 0 aliphatic carbocycles. The predicted octanol–water partition coefficient (Wildman–Crippen LogP) is 4.76. The number of piperidine rings is 1. The third-order valence-electron chi connectivity index (χ3n) is 5.86.